The van der Waals surface area contributed by atoms with Crippen molar-refractivity contribution in [3.05, 3.63) is 35.7 Å². The molecule has 0 bridgehead atoms. The fourth-order valence-electron chi connectivity index (χ4n) is 2.03. The highest BCUT2D eigenvalue weighted by atomic mass is 35.5. The number of anilines is 2. The topological polar surface area (TPSA) is 42.2 Å². The zero-order chi connectivity index (χ0) is 11.8. The van der Waals surface area contributed by atoms with E-state index in [9.17, 15) is 0 Å². The van der Waals surface area contributed by atoms with Crippen molar-refractivity contribution < 1.29 is 4.42 Å². The van der Waals surface area contributed by atoms with E-state index in [1.54, 1.807) is 0 Å². The van der Waals surface area contributed by atoms with E-state index < -0.39 is 0 Å². The molecule has 17 heavy (non-hydrogen) atoms. The van der Waals surface area contributed by atoms with E-state index in [1.807, 2.05) is 24.0 Å². The van der Waals surface area contributed by atoms with Gasteiger partial charge in [0.15, 0.2) is 0 Å². The maximum Gasteiger partial charge on any atom is 0.322 e. The van der Waals surface area contributed by atoms with Gasteiger partial charge in [-0.2, -0.15) is 0 Å². The van der Waals surface area contributed by atoms with Gasteiger partial charge in [0.25, 0.3) is 0 Å². The molecule has 88 valence electrons. The van der Waals surface area contributed by atoms with Crippen molar-refractivity contribution in [2.75, 3.05) is 11.4 Å². The number of hydrogen-bond acceptors (Lipinski definition) is 4. The van der Waals surface area contributed by atoms with Crippen LogP contribution in [0.2, 0.25) is 0 Å². The molecule has 5 heteroatoms. The van der Waals surface area contributed by atoms with E-state index in [4.69, 9.17) is 16.0 Å². The molecule has 0 saturated heterocycles. The van der Waals surface area contributed by atoms with Crippen molar-refractivity contribution >= 4 is 23.3 Å². The van der Waals surface area contributed by atoms with Crippen LogP contribution in [0, 0.1) is 0 Å². The van der Waals surface area contributed by atoms with Gasteiger partial charge in [0.2, 0.25) is 5.89 Å². The van der Waals surface area contributed by atoms with Crippen LogP contribution in [0.1, 0.15) is 23.8 Å². The Morgan fingerprint density at radius 1 is 1.35 bits per heavy atom. The highest BCUT2D eigenvalue weighted by Crippen LogP contribution is 2.34. The number of para-hydroxylation sites is 1. The van der Waals surface area contributed by atoms with Crippen LogP contribution >= 0.6 is 11.6 Å². The average Bonchev–Trinajstić information content (AvgIpc) is 2.95. The summed E-state index contributed by atoms with van der Waals surface area (Å²) >= 11 is 5.91. The van der Waals surface area contributed by atoms with E-state index in [1.165, 1.54) is 5.56 Å². The van der Waals surface area contributed by atoms with Gasteiger partial charge in [-0.1, -0.05) is 23.3 Å². The summed E-state index contributed by atoms with van der Waals surface area (Å²) in [6, 6.07) is 8.77. The fraction of sp³-hybridized carbons (Fsp3) is 0.333. The second kappa shape index (κ2) is 4.04. The van der Waals surface area contributed by atoms with Crippen molar-refractivity contribution in [2.45, 2.75) is 18.7 Å². The van der Waals surface area contributed by atoms with Gasteiger partial charge in [-0.25, -0.2) is 0 Å². The Morgan fingerprint density at radius 2 is 2.18 bits per heavy atom. The van der Waals surface area contributed by atoms with Gasteiger partial charge in [-0.3, -0.25) is 4.90 Å². The lowest BCUT2D eigenvalue weighted by Gasteiger charge is -2.13. The standard InChI is InChI=1S/C12H12ClN3O/c1-8(13)11-14-15-12(17-11)16-7-6-9-4-2-3-5-10(9)16/h2-5,8H,6-7H2,1H3. The number of rotatable bonds is 2. The molecule has 0 saturated carbocycles. The predicted octanol–water partition coefficient (Wildman–Crippen LogP) is 3.06. The molecule has 0 radical (unpaired) electrons. The Labute approximate surface area is 104 Å². The van der Waals surface area contributed by atoms with Crippen molar-refractivity contribution in [1.82, 2.24) is 10.2 Å². The molecule has 0 N–H and O–H groups in total. The number of alkyl halides is 1. The van der Waals surface area contributed by atoms with E-state index in [0.717, 1.165) is 18.7 Å². The Balaban J connectivity index is 1.95. The van der Waals surface area contributed by atoms with Crippen LogP contribution in [0.3, 0.4) is 0 Å². The highest BCUT2D eigenvalue weighted by molar-refractivity contribution is 6.20. The molecule has 3 rings (SSSR count). The second-order valence-corrected chi connectivity index (χ2v) is 4.72. The molecule has 1 aliphatic heterocycles. The molecule has 1 unspecified atom stereocenters. The zero-order valence-electron chi connectivity index (χ0n) is 9.43. The number of nitrogens with zero attached hydrogens (tertiary/aromatic N) is 3. The lowest BCUT2D eigenvalue weighted by molar-refractivity contribution is 0.496. The molecular weight excluding hydrogens is 238 g/mol. The zero-order valence-corrected chi connectivity index (χ0v) is 10.2. The van der Waals surface area contributed by atoms with Crippen LogP contribution < -0.4 is 4.90 Å². The Morgan fingerprint density at radius 3 is 2.94 bits per heavy atom. The van der Waals surface area contributed by atoms with E-state index in [2.05, 4.69) is 22.3 Å². The number of hydrogen-bond donors (Lipinski definition) is 0. The highest BCUT2D eigenvalue weighted by Gasteiger charge is 2.24. The third-order valence-corrected chi connectivity index (χ3v) is 3.07. The minimum Gasteiger partial charge on any atom is -0.406 e. The maximum absolute atomic E-state index is 5.91. The summed E-state index contributed by atoms with van der Waals surface area (Å²) in [5.74, 6) is 0.464. The fourth-order valence-corrected chi connectivity index (χ4v) is 2.12. The lowest BCUT2D eigenvalue weighted by Crippen LogP contribution is -2.13. The average molecular weight is 250 g/mol. The number of benzene rings is 1. The number of fused-ring (bicyclic) bond motifs is 1. The molecular formula is C12H12ClN3O. The third-order valence-electron chi connectivity index (χ3n) is 2.89. The Hall–Kier alpha value is -1.55. The van der Waals surface area contributed by atoms with E-state index in [0.29, 0.717) is 11.9 Å². The lowest BCUT2D eigenvalue weighted by atomic mass is 10.2. The van der Waals surface area contributed by atoms with E-state index in [-0.39, 0.29) is 5.38 Å². The first kappa shape index (κ1) is 10.6. The van der Waals surface area contributed by atoms with Crippen molar-refractivity contribution in [1.29, 1.82) is 0 Å². The summed E-state index contributed by atoms with van der Waals surface area (Å²) in [4.78, 5) is 2.03. The van der Waals surface area contributed by atoms with Gasteiger partial charge in [0, 0.05) is 12.2 Å². The van der Waals surface area contributed by atoms with Gasteiger partial charge < -0.3 is 4.42 Å². The Kier molecular flexibility index (Phi) is 2.52. The van der Waals surface area contributed by atoms with Crippen LogP contribution in [-0.2, 0) is 6.42 Å². The van der Waals surface area contributed by atoms with Gasteiger partial charge >= 0.3 is 6.01 Å². The second-order valence-electron chi connectivity index (χ2n) is 4.07. The normalized spacial score (nSPS) is 16.0. The quantitative estimate of drug-likeness (QED) is 0.767. The summed E-state index contributed by atoms with van der Waals surface area (Å²) in [6.07, 6.45) is 1.00. The van der Waals surface area contributed by atoms with Crippen molar-refractivity contribution in [2.24, 2.45) is 0 Å². The SMILES string of the molecule is CC(Cl)c1nnc(N2CCc3ccccc32)o1. The summed E-state index contributed by atoms with van der Waals surface area (Å²) in [6.45, 7) is 2.69. The molecule has 1 atom stereocenters. The molecule has 2 aromatic rings. The molecule has 2 heterocycles. The van der Waals surface area contributed by atoms with Crippen LogP contribution in [0.4, 0.5) is 11.7 Å². The minimum atomic E-state index is -0.255. The first-order chi connectivity index (χ1) is 8.25. The summed E-state index contributed by atoms with van der Waals surface area (Å²) in [5.41, 5.74) is 2.45. The predicted molar refractivity (Wildman–Crippen MR) is 65.7 cm³/mol. The molecule has 1 aliphatic rings. The van der Waals surface area contributed by atoms with Crippen molar-refractivity contribution in [3.63, 3.8) is 0 Å². The van der Waals surface area contributed by atoms with Gasteiger partial charge in [0.05, 0.1) is 0 Å². The molecule has 0 amide bonds. The smallest absolute Gasteiger partial charge is 0.322 e. The van der Waals surface area contributed by atoms with Gasteiger partial charge in [-0.05, 0) is 25.0 Å². The summed E-state index contributed by atoms with van der Waals surface area (Å²) in [7, 11) is 0. The van der Waals surface area contributed by atoms with Crippen LogP contribution in [0.25, 0.3) is 0 Å². The number of halogens is 1. The minimum absolute atomic E-state index is 0.255. The van der Waals surface area contributed by atoms with Crippen LogP contribution in [-0.4, -0.2) is 16.7 Å². The summed E-state index contributed by atoms with van der Waals surface area (Å²) < 4.78 is 5.56. The largest absolute Gasteiger partial charge is 0.406 e. The van der Waals surface area contributed by atoms with Crippen LogP contribution in [0.15, 0.2) is 28.7 Å². The van der Waals surface area contributed by atoms with Gasteiger partial charge in [0.1, 0.15) is 5.38 Å². The Bertz CT molecular complexity index is 538. The molecule has 4 nitrogen and oxygen atoms in total. The summed E-state index contributed by atoms with van der Waals surface area (Å²) in [5, 5.41) is 7.73. The third kappa shape index (κ3) is 1.78. The molecule has 0 aliphatic carbocycles. The molecule has 1 aromatic carbocycles. The molecule has 1 aromatic heterocycles. The maximum atomic E-state index is 5.91. The monoisotopic (exact) mass is 249 g/mol. The van der Waals surface area contributed by atoms with Gasteiger partial charge in [-0.15, -0.1) is 16.7 Å². The number of aromatic nitrogens is 2. The first-order valence-electron chi connectivity index (χ1n) is 5.58. The first-order valence-corrected chi connectivity index (χ1v) is 6.02. The van der Waals surface area contributed by atoms with Crippen LogP contribution in [0.5, 0.6) is 0 Å². The molecule has 0 spiro atoms. The molecule has 0 fully saturated rings. The van der Waals surface area contributed by atoms with Crippen molar-refractivity contribution in [3.8, 4) is 0 Å². The van der Waals surface area contributed by atoms with E-state index >= 15 is 0 Å².